The molecule has 2 nitrogen and oxygen atoms in total. The Morgan fingerprint density at radius 3 is 2.79 bits per heavy atom. The molecule has 0 bridgehead atoms. The topological polar surface area (TPSA) is 32.3 Å². The van der Waals surface area contributed by atoms with Gasteiger partial charge in [-0.25, -0.2) is 0 Å². The van der Waals surface area contributed by atoms with Crippen molar-refractivity contribution in [1.29, 1.82) is 0 Å². The second-order valence-corrected chi connectivity index (χ2v) is 4.14. The molecule has 0 radical (unpaired) electrons. The molecule has 0 aliphatic heterocycles. The van der Waals surface area contributed by atoms with Gasteiger partial charge in [-0.3, -0.25) is 0 Å². The Bertz CT molecular complexity index is 197. The van der Waals surface area contributed by atoms with Crippen LogP contribution < -0.4 is 5.32 Å². The lowest BCUT2D eigenvalue weighted by Crippen LogP contribution is -2.46. The lowest BCUT2D eigenvalue weighted by Gasteiger charge is -2.31. The van der Waals surface area contributed by atoms with Crippen LogP contribution >= 0.6 is 0 Å². The molecule has 0 heterocycles. The first-order chi connectivity index (χ1) is 6.77. The highest BCUT2D eigenvalue weighted by atomic mass is 16.3. The minimum absolute atomic E-state index is 0.171. The first-order valence-electron chi connectivity index (χ1n) is 5.65. The van der Waals surface area contributed by atoms with Crippen LogP contribution in [-0.2, 0) is 0 Å². The molecular weight excluding hydrogens is 174 g/mol. The van der Waals surface area contributed by atoms with Crippen LogP contribution in [0.5, 0.6) is 0 Å². The lowest BCUT2D eigenvalue weighted by atomic mass is 9.91. The number of aliphatic hydroxyl groups excluding tert-OH is 1. The summed E-state index contributed by atoms with van der Waals surface area (Å²) in [6.07, 6.45) is 11.3. The zero-order valence-electron chi connectivity index (χ0n) is 9.00. The largest absolute Gasteiger partial charge is 0.392 e. The van der Waals surface area contributed by atoms with Crippen molar-refractivity contribution in [1.82, 2.24) is 5.32 Å². The molecule has 3 unspecified atom stereocenters. The van der Waals surface area contributed by atoms with Crippen LogP contribution in [0.1, 0.15) is 45.4 Å². The van der Waals surface area contributed by atoms with E-state index < -0.39 is 0 Å². The zero-order valence-corrected chi connectivity index (χ0v) is 9.00. The van der Waals surface area contributed by atoms with Gasteiger partial charge in [0.1, 0.15) is 0 Å². The fourth-order valence-corrected chi connectivity index (χ4v) is 2.07. The SMILES string of the molecule is C#CCC(CC)NC1CCCCC1O. The maximum atomic E-state index is 9.77. The monoisotopic (exact) mass is 195 g/mol. The van der Waals surface area contributed by atoms with E-state index in [4.69, 9.17) is 6.42 Å². The summed E-state index contributed by atoms with van der Waals surface area (Å²) >= 11 is 0. The molecule has 0 aromatic carbocycles. The highest BCUT2D eigenvalue weighted by Crippen LogP contribution is 2.19. The van der Waals surface area contributed by atoms with Gasteiger partial charge in [0.25, 0.3) is 0 Å². The molecule has 14 heavy (non-hydrogen) atoms. The number of rotatable bonds is 4. The third-order valence-corrected chi connectivity index (χ3v) is 3.04. The van der Waals surface area contributed by atoms with Crippen molar-refractivity contribution in [3.8, 4) is 12.3 Å². The van der Waals surface area contributed by atoms with Gasteiger partial charge in [0.15, 0.2) is 0 Å². The van der Waals surface area contributed by atoms with Gasteiger partial charge in [0, 0.05) is 18.5 Å². The smallest absolute Gasteiger partial charge is 0.0693 e. The molecule has 1 rings (SSSR count). The summed E-state index contributed by atoms with van der Waals surface area (Å²) < 4.78 is 0. The highest BCUT2D eigenvalue weighted by Gasteiger charge is 2.24. The molecule has 0 aromatic rings. The number of hydrogen-bond acceptors (Lipinski definition) is 2. The van der Waals surface area contributed by atoms with Gasteiger partial charge in [-0.1, -0.05) is 19.8 Å². The molecule has 1 aliphatic rings. The Morgan fingerprint density at radius 1 is 1.50 bits per heavy atom. The third-order valence-electron chi connectivity index (χ3n) is 3.04. The van der Waals surface area contributed by atoms with E-state index in [2.05, 4.69) is 18.2 Å². The van der Waals surface area contributed by atoms with Crippen molar-refractivity contribution in [2.24, 2.45) is 0 Å². The van der Waals surface area contributed by atoms with E-state index in [1.165, 1.54) is 6.42 Å². The van der Waals surface area contributed by atoms with E-state index in [-0.39, 0.29) is 12.1 Å². The van der Waals surface area contributed by atoms with E-state index in [0.717, 1.165) is 32.1 Å². The summed E-state index contributed by atoms with van der Waals surface area (Å²) in [5.41, 5.74) is 0. The van der Waals surface area contributed by atoms with Crippen LogP contribution in [0.3, 0.4) is 0 Å². The average molecular weight is 195 g/mol. The molecule has 0 saturated heterocycles. The van der Waals surface area contributed by atoms with Crippen molar-refractivity contribution in [2.45, 2.75) is 63.6 Å². The van der Waals surface area contributed by atoms with Gasteiger partial charge in [0.2, 0.25) is 0 Å². The van der Waals surface area contributed by atoms with Crippen LogP contribution in [0.15, 0.2) is 0 Å². The molecule has 1 fully saturated rings. The predicted octanol–water partition coefficient (Wildman–Crippen LogP) is 1.68. The fraction of sp³-hybridized carbons (Fsp3) is 0.833. The van der Waals surface area contributed by atoms with Crippen LogP contribution in [0, 0.1) is 12.3 Å². The molecule has 0 spiro atoms. The summed E-state index contributed by atoms with van der Waals surface area (Å²) in [6.45, 7) is 2.13. The maximum Gasteiger partial charge on any atom is 0.0693 e. The van der Waals surface area contributed by atoms with Crippen LogP contribution in [0.25, 0.3) is 0 Å². The summed E-state index contributed by atoms with van der Waals surface area (Å²) in [4.78, 5) is 0. The van der Waals surface area contributed by atoms with Crippen molar-refractivity contribution in [3.63, 3.8) is 0 Å². The van der Waals surface area contributed by atoms with E-state index in [0.29, 0.717) is 6.04 Å². The fourth-order valence-electron chi connectivity index (χ4n) is 2.07. The Labute approximate surface area is 87.1 Å². The van der Waals surface area contributed by atoms with E-state index in [1.54, 1.807) is 0 Å². The minimum atomic E-state index is -0.171. The molecule has 1 saturated carbocycles. The van der Waals surface area contributed by atoms with E-state index >= 15 is 0 Å². The van der Waals surface area contributed by atoms with Crippen molar-refractivity contribution in [2.75, 3.05) is 0 Å². The van der Waals surface area contributed by atoms with Crippen LogP contribution in [-0.4, -0.2) is 23.3 Å². The van der Waals surface area contributed by atoms with Gasteiger partial charge in [-0.05, 0) is 19.3 Å². The van der Waals surface area contributed by atoms with Gasteiger partial charge in [0.05, 0.1) is 6.10 Å². The Balaban J connectivity index is 2.36. The van der Waals surface area contributed by atoms with Gasteiger partial charge < -0.3 is 10.4 Å². The van der Waals surface area contributed by atoms with Crippen molar-refractivity contribution >= 4 is 0 Å². The maximum absolute atomic E-state index is 9.77. The van der Waals surface area contributed by atoms with E-state index in [9.17, 15) is 5.11 Å². The molecule has 2 heteroatoms. The number of nitrogens with one attached hydrogen (secondary N) is 1. The van der Waals surface area contributed by atoms with E-state index in [1.807, 2.05) is 0 Å². The second-order valence-electron chi connectivity index (χ2n) is 4.14. The molecule has 0 amide bonds. The molecule has 3 atom stereocenters. The number of hydrogen-bond donors (Lipinski definition) is 2. The van der Waals surface area contributed by atoms with Gasteiger partial charge in [-0.2, -0.15) is 0 Å². The van der Waals surface area contributed by atoms with Crippen LogP contribution in [0.2, 0.25) is 0 Å². The van der Waals surface area contributed by atoms with Gasteiger partial charge >= 0.3 is 0 Å². The Kier molecular flexibility index (Phi) is 5.00. The standard InChI is InChI=1S/C12H21NO/c1-3-7-10(4-2)13-11-8-5-6-9-12(11)14/h1,10-14H,4-9H2,2H3. The summed E-state index contributed by atoms with van der Waals surface area (Å²) in [7, 11) is 0. The summed E-state index contributed by atoms with van der Waals surface area (Å²) in [5, 5.41) is 13.2. The normalized spacial score (nSPS) is 29.5. The molecular formula is C12H21NO. The first-order valence-corrected chi connectivity index (χ1v) is 5.65. The second kappa shape index (κ2) is 6.06. The number of terminal acetylenes is 1. The molecule has 80 valence electrons. The number of aliphatic hydroxyl groups is 1. The van der Waals surface area contributed by atoms with Crippen molar-refractivity contribution < 1.29 is 5.11 Å². The zero-order chi connectivity index (χ0) is 10.4. The van der Waals surface area contributed by atoms with Crippen LogP contribution in [0.4, 0.5) is 0 Å². The van der Waals surface area contributed by atoms with Gasteiger partial charge in [-0.15, -0.1) is 12.3 Å². The molecule has 1 aliphatic carbocycles. The summed E-state index contributed by atoms with van der Waals surface area (Å²) in [6, 6.07) is 0.639. The summed E-state index contributed by atoms with van der Waals surface area (Å²) in [5.74, 6) is 2.68. The van der Waals surface area contributed by atoms with Crippen molar-refractivity contribution in [3.05, 3.63) is 0 Å². The Morgan fingerprint density at radius 2 is 2.21 bits per heavy atom. The lowest BCUT2D eigenvalue weighted by molar-refractivity contribution is 0.0848. The third kappa shape index (κ3) is 3.32. The Hall–Kier alpha value is -0.520. The molecule has 0 aromatic heterocycles. The first kappa shape index (κ1) is 11.6. The predicted molar refractivity (Wildman–Crippen MR) is 58.9 cm³/mol. The quantitative estimate of drug-likeness (QED) is 0.669. The molecule has 2 N–H and O–H groups in total. The highest BCUT2D eigenvalue weighted by molar-refractivity contribution is 4.92. The minimum Gasteiger partial charge on any atom is -0.392 e. The average Bonchev–Trinajstić information content (AvgIpc) is 2.20.